The summed E-state index contributed by atoms with van der Waals surface area (Å²) in [5.41, 5.74) is 1.16. The van der Waals surface area contributed by atoms with E-state index >= 15 is 0 Å². The third-order valence-corrected chi connectivity index (χ3v) is 2.66. The Kier molecular flexibility index (Phi) is 1.70. The van der Waals surface area contributed by atoms with E-state index in [1.54, 1.807) is 0 Å². The maximum absolute atomic E-state index is 11.3. The lowest BCUT2D eigenvalue weighted by atomic mass is 10.1. The highest BCUT2D eigenvalue weighted by atomic mass is 32.1. The van der Waals surface area contributed by atoms with Gasteiger partial charge in [0.25, 0.3) is 0 Å². The van der Waals surface area contributed by atoms with Crippen molar-refractivity contribution in [3.8, 4) is 0 Å². The smallest absolute Gasteiger partial charge is 0.240 e. The van der Waals surface area contributed by atoms with Crippen LogP contribution >= 0.6 is 11.3 Å². The molecule has 0 bridgehead atoms. The molecule has 2 aromatic rings. The van der Waals surface area contributed by atoms with E-state index in [-0.39, 0.29) is 4.74 Å². The molecule has 0 fully saturated rings. The summed E-state index contributed by atoms with van der Waals surface area (Å²) in [6.45, 7) is 2.02. The molecule has 0 saturated carbocycles. The number of rotatable bonds is 0. The fourth-order valence-corrected chi connectivity index (χ4v) is 1.94. The Balaban J connectivity index is 3.05. The first-order valence-corrected chi connectivity index (χ1v) is 4.64. The van der Waals surface area contributed by atoms with Crippen molar-refractivity contribution in [2.75, 3.05) is 0 Å². The van der Waals surface area contributed by atoms with Crippen LogP contribution in [0.15, 0.2) is 34.4 Å². The minimum absolute atomic E-state index is 0.149. The first kappa shape index (κ1) is 7.50. The van der Waals surface area contributed by atoms with Crippen LogP contribution in [-0.2, 0) is 0 Å². The van der Waals surface area contributed by atoms with Crippen LogP contribution < -0.4 is 4.74 Å². The SMILES string of the molecule is Cc1cccc2c(=O)sccc12. The van der Waals surface area contributed by atoms with Gasteiger partial charge in [-0.15, -0.1) is 11.3 Å². The van der Waals surface area contributed by atoms with Crippen molar-refractivity contribution in [2.24, 2.45) is 0 Å². The Hall–Kier alpha value is -1.15. The molecule has 2 heteroatoms. The van der Waals surface area contributed by atoms with Crippen molar-refractivity contribution in [2.45, 2.75) is 6.92 Å². The highest BCUT2D eigenvalue weighted by Gasteiger charge is 1.98. The number of aryl methyl sites for hydroxylation is 1. The van der Waals surface area contributed by atoms with Gasteiger partial charge < -0.3 is 0 Å². The Bertz CT molecular complexity index is 470. The van der Waals surface area contributed by atoms with Gasteiger partial charge in [-0.05, 0) is 35.4 Å². The van der Waals surface area contributed by atoms with Crippen LogP contribution in [0.4, 0.5) is 0 Å². The second-order valence-corrected chi connectivity index (χ2v) is 3.62. The predicted molar refractivity (Wildman–Crippen MR) is 52.8 cm³/mol. The van der Waals surface area contributed by atoms with Crippen LogP contribution in [0.2, 0.25) is 0 Å². The summed E-state index contributed by atoms with van der Waals surface area (Å²) in [7, 11) is 0. The predicted octanol–water partition coefficient (Wildman–Crippen LogP) is 2.57. The molecule has 1 aromatic carbocycles. The van der Waals surface area contributed by atoms with Gasteiger partial charge in [-0.25, -0.2) is 0 Å². The average molecular weight is 176 g/mol. The second kappa shape index (κ2) is 2.72. The van der Waals surface area contributed by atoms with Gasteiger partial charge in [0.15, 0.2) is 0 Å². The fourth-order valence-electron chi connectivity index (χ4n) is 1.31. The largest absolute Gasteiger partial charge is 0.277 e. The third kappa shape index (κ3) is 1.04. The summed E-state index contributed by atoms with van der Waals surface area (Å²) < 4.78 is 0.149. The molecule has 60 valence electrons. The molecular formula is C10H8OS. The zero-order chi connectivity index (χ0) is 8.55. The molecule has 0 radical (unpaired) electrons. The van der Waals surface area contributed by atoms with E-state index in [9.17, 15) is 4.79 Å². The number of hydrogen-bond acceptors (Lipinski definition) is 2. The third-order valence-electron chi connectivity index (χ3n) is 1.95. The van der Waals surface area contributed by atoms with Crippen LogP contribution in [0.3, 0.4) is 0 Å². The summed E-state index contributed by atoms with van der Waals surface area (Å²) in [5.74, 6) is 0. The van der Waals surface area contributed by atoms with Crippen LogP contribution in [0.5, 0.6) is 0 Å². The minimum Gasteiger partial charge on any atom is -0.277 e. The van der Waals surface area contributed by atoms with Gasteiger partial charge in [0.05, 0.1) is 0 Å². The topological polar surface area (TPSA) is 17.1 Å². The Morgan fingerprint density at radius 2 is 2.00 bits per heavy atom. The lowest BCUT2D eigenvalue weighted by molar-refractivity contribution is 1.54. The molecule has 2 rings (SSSR count). The molecule has 0 aliphatic heterocycles. The summed E-state index contributed by atoms with van der Waals surface area (Å²) >= 11 is 1.25. The van der Waals surface area contributed by atoms with Crippen LogP contribution in [0, 0.1) is 6.92 Å². The van der Waals surface area contributed by atoms with Gasteiger partial charge in [0.2, 0.25) is 4.74 Å². The van der Waals surface area contributed by atoms with E-state index in [2.05, 4.69) is 0 Å². The maximum Gasteiger partial charge on any atom is 0.240 e. The van der Waals surface area contributed by atoms with Crippen LogP contribution in [-0.4, -0.2) is 0 Å². The molecular weight excluding hydrogens is 168 g/mol. The quantitative estimate of drug-likeness (QED) is 0.603. The average Bonchev–Trinajstić information content (AvgIpc) is 2.07. The molecule has 0 aliphatic rings. The van der Waals surface area contributed by atoms with Crippen LogP contribution in [0.25, 0.3) is 10.8 Å². The van der Waals surface area contributed by atoms with Gasteiger partial charge in [0.1, 0.15) is 0 Å². The van der Waals surface area contributed by atoms with E-state index in [4.69, 9.17) is 0 Å². The first-order chi connectivity index (χ1) is 5.79. The van der Waals surface area contributed by atoms with Crippen molar-refractivity contribution in [1.82, 2.24) is 0 Å². The molecule has 1 aromatic heterocycles. The van der Waals surface area contributed by atoms with Gasteiger partial charge in [-0.1, -0.05) is 12.1 Å². The normalized spacial score (nSPS) is 10.4. The molecule has 12 heavy (non-hydrogen) atoms. The summed E-state index contributed by atoms with van der Waals surface area (Å²) in [6, 6.07) is 7.82. The summed E-state index contributed by atoms with van der Waals surface area (Å²) in [4.78, 5) is 11.3. The Morgan fingerprint density at radius 1 is 1.17 bits per heavy atom. The van der Waals surface area contributed by atoms with Crippen molar-refractivity contribution in [3.63, 3.8) is 0 Å². The number of fused-ring (bicyclic) bond motifs is 1. The molecule has 1 nitrogen and oxygen atoms in total. The van der Waals surface area contributed by atoms with E-state index in [0.717, 1.165) is 16.3 Å². The first-order valence-electron chi connectivity index (χ1n) is 3.76. The van der Waals surface area contributed by atoms with Gasteiger partial charge in [-0.2, -0.15) is 0 Å². The zero-order valence-corrected chi connectivity index (χ0v) is 7.52. The molecule has 0 saturated heterocycles. The van der Waals surface area contributed by atoms with Gasteiger partial charge in [-0.3, -0.25) is 4.79 Å². The zero-order valence-electron chi connectivity index (χ0n) is 6.70. The molecule has 0 amide bonds. The Morgan fingerprint density at radius 3 is 2.75 bits per heavy atom. The minimum atomic E-state index is 0.149. The lowest BCUT2D eigenvalue weighted by Gasteiger charge is -1.97. The monoisotopic (exact) mass is 176 g/mol. The van der Waals surface area contributed by atoms with Gasteiger partial charge in [0, 0.05) is 5.39 Å². The van der Waals surface area contributed by atoms with Gasteiger partial charge >= 0.3 is 0 Å². The highest BCUT2D eigenvalue weighted by molar-refractivity contribution is 7.07. The van der Waals surface area contributed by atoms with Crippen molar-refractivity contribution in [3.05, 3.63) is 44.7 Å². The highest BCUT2D eigenvalue weighted by Crippen LogP contribution is 2.14. The summed E-state index contributed by atoms with van der Waals surface area (Å²) in [6.07, 6.45) is 0. The molecule has 0 spiro atoms. The number of hydrogen-bond donors (Lipinski definition) is 0. The van der Waals surface area contributed by atoms with E-state index in [0.29, 0.717) is 0 Å². The lowest BCUT2D eigenvalue weighted by Crippen LogP contribution is -1.94. The van der Waals surface area contributed by atoms with Crippen molar-refractivity contribution < 1.29 is 0 Å². The molecule has 1 heterocycles. The van der Waals surface area contributed by atoms with Crippen molar-refractivity contribution in [1.29, 1.82) is 0 Å². The van der Waals surface area contributed by atoms with E-state index in [1.807, 2.05) is 36.6 Å². The molecule has 0 atom stereocenters. The van der Waals surface area contributed by atoms with E-state index in [1.165, 1.54) is 11.3 Å². The van der Waals surface area contributed by atoms with Crippen LogP contribution in [0.1, 0.15) is 5.56 Å². The molecule has 0 unspecified atom stereocenters. The maximum atomic E-state index is 11.3. The number of benzene rings is 1. The fraction of sp³-hybridized carbons (Fsp3) is 0.100. The molecule has 0 aliphatic carbocycles. The second-order valence-electron chi connectivity index (χ2n) is 2.74. The Labute approximate surface area is 74.3 Å². The van der Waals surface area contributed by atoms with E-state index < -0.39 is 0 Å². The molecule has 0 N–H and O–H groups in total. The van der Waals surface area contributed by atoms with Crippen molar-refractivity contribution >= 4 is 22.1 Å². The standard InChI is InChI=1S/C10H8OS/c1-7-3-2-4-9-8(7)5-6-12-10(9)11/h2-6H,1H3. The summed E-state index contributed by atoms with van der Waals surface area (Å²) in [5, 5.41) is 3.75.